The van der Waals surface area contributed by atoms with Gasteiger partial charge >= 0.3 is 0 Å². The third-order valence-corrected chi connectivity index (χ3v) is 7.98. The standard InChI is InChI=1S/C19H27FO2/c1-18-7-5-12(21)9-11(18)3-4-13-14(18)6-8-19(2)15(13)10-16(20)17(19)22/h5,7,11,13-17,22H,3-4,6,8-10H2,1-2H3/t11?,13-,14+,15+,16-,17-,18+,19+/m1/s1. The van der Waals surface area contributed by atoms with Crippen LogP contribution in [0.1, 0.15) is 52.4 Å². The first-order valence-corrected chi connectivity index (χ1v) is 8.90. The van der Waals surface area contributed by atoms with Gasteiger partial charge in [0.2, 0.25) is 0 Å². The number of hydrogen-bond acceptors (Lipinski definition) is 2. The number of aliphatic hydroxyl groups is 1. The number of rotatable bonds is 0. The highest BCUT2D eigenvalue weighted by molar-refractivity contribution is 5.91. The van der Waals surface area contributed by atoms with E-state index in [0.29, 0.717) is 36.5 Å². The molecule has 4 aliphatic carbocycles. The van der Waals surface area contributed by atoms with Crippen molar-refractivity contribution in [1.82, 2.24) is 0 Å². The van der Waals surface area contributed by atoms with E-state index in [4.69, 9.17) is 0 Å². The normalized spacial score (nSPS) is 57.2. The first-order chi connectivity index (χ1) is 10.4. The van der Waals surface area contributed by atoms with Crippen LogP contribution >= 0.6 is 0 Å². The number of ketones is 1. The maximum Gasteiger partial charge on any atom is 0.155 e. The van der Waals surface area contributed by atoms with E-state index < -0.39 is 12.3 Å². The van der Waals surface area contributed by atoms with E-state index >= 15 is 0 Å². The van der Waals surface area contributed by atoms with Crippen molar-refractivity contribution < 1.29 is 14.3 Å². The van der Waals surface area contributed by atoms with E-state index in [9.17, 15) is 14.3 Å². The Morgan fingerprint density at radius 1 is 1.23 bits per heavy atom. The first-order valence-electron chi connectivity index (χ1n) is 8.90. The molecule has 3 fully saturated rings. The molecule has 0 aromatic rings. The number of allylic oxidation sites excluding steroid dienone is 2. The van der Waals surface area contributed by atoms with Crippen molar-refractivity contribution in [3.05, 3.63) is 12.2 Å². The Morgan fingerprint density at radius 3 is 2.77 bits per heavy atom. The second-order valence-corrected chi connectivity index (χ2v) is 8.76. The van der Waals surface area contributed by atoms with Crippen molar-refractivity contribution in [1.29, 1.82) is 0 Å². The maximum atomic E-state index is 14.2. The van der Waals surface area contributed by atoms with E-state index in [1.54, 1.807) is 6.08 Å². The van der Waals surface area contributed by atoms with Crippen LogP contribution in [0.4, 0.5) is 4.39 Å². The molecule has 0 amide bonds. The van der Waals surface area contributed by atoms with Crippen LogP contribution in [0.25, 0.3) is 0 Å². The molecule has 0 radical (unpaired) electrons. The number of halogens is 1. The summed E-state index contributed by atoms with van der Waals surface area (Å²) in [5.74, 6) is 2.09. The lowest BCUT2D eigenvalue weighted by Gasteiger charge is -2.58. The van der Waals surface area contributed by atoms with Gasteiger partial charge in [-0.05, 0) is 72.7 Å². The summed E-state index contributed by atoms with van der Waals surface area (Å²) in [5, 5.41) is 10.3. The molecular formula is C19H27FO2. The minimum absolute atomic E-state index is 0.0948. The molecule has 0 aromatic heterocycles. The van der Waals surface area contributed by atoms with Crippen LogP contribution in [0.5, 0.6) is 0 Å². The molecule has 0 heterocycles. The number of fused-ring (bicyclic) bond motifs is 5. The Kier molecular flexibility index (Phi) is 3.15. The van der Waals surface area contributed by atoms with Gasteiger partial charge in [-0.15, -0.1) is 0 Å². The van der Waals surface area contributed by atoms with Gasteiger partial charge in [0.15, 0.2) is 5.78 Å². The number of carbonyl (C=O) groups is 1. The van der Waals surface area contributed by atoms with Gasteiger partial charge in [-0.1, -0.05) is 19.9 Å². The molecule has 1 N–H and O–H groups in total. The zero-order valence-electron chi connectivity index (χ0n) is 13.6. The van der Waals surface area contributed by atoms with Crippen molar-refractivity contribution in [3.63, 3.8) is 0 Å². The zero-order chi connectivity index (χ0) is 15.7. The molecule has 0 bridgehead atoms. The molecule has 0 aromatic carbocycles. The van der Waals surface area contributed by atoms with E-state index in [2.05, 4.69) is 19.9 Å². The van der Waals surface area contributed by atoms with Crippen molar-refractivity contribution in [2.45, 2.75) is 64.6 Å². The Balaban J connectivity index is 1.68. The molecule has 4 rings (SSSR count). The predicted molar refractivity (Wildman–Crippen MR) is 82.9 cm³/mol. The third kappa shape index (κ3) is 1.78. The Hall–Kier alpha value is -0.700. The molecule has 122 valence electrons. The summed E-state index contributed by atoms with van der Waals surface area (Å²) in [4.78, 5) is 11.8. The van der Waals surface area contributed by atoms with Gasteiger partial charge in [0, 0.05) is 6.42 Å². The van der Waals surface area contributed by atoms with Gasteiger partial charge in [-0.2, -0.15) is 0 Å². The van der Waals surface area contributed by atoms with Crippen molar-refractivity contribution >= 4 is 5.78 Å². The van der Waals surface area contributed by atoms with Crippen molar-refractivity contribution in [3.8, 4) is 0 Å². The second-order valence-electron chi connectivity index (χ2n) is 8.76. The van der Waals surface area contributed by atoms with Gasteiger partial charge in [0.05, 0.1) is 6.10 Å². The molecule has 0 saturated heterocycles. The average Bonchev–Trinajstić information content (AvgIpc) is 2.72. The van der Waals surface area contributed by atoms with Gasteiger partial charge in [0.1, 0.15) is 6.17 Å². The highest BCUT2D eigenvalue weighted by atomic mass is 19.1. The van der Waals surface area contributed by atoms with Gasteiger partial charge in [0.25, 0.3) is 0 Å². The van der Waals surface area contributed by atoms with Crippen LogP contribution < -0.4 is 0 Å². The quantitative estimate of drug-likeness (QED) is 0.741. The fourth-order valence-corrected chi connectivity index (χ4v) is 6.58. The highest BCUT2D eigenvalue weighted by Gasteiger charge is 2.61. The molecule has 3 heteroatoms. The Labute approximate surface area is 132 Å². The van der Waals surface area contributed by atoms with Crippen LogP contribution in [-0.4, -0.2) is 23.2 Å². The third-order valence-electron chi connectivity index (χ3n) is 7.98. The maximum absolute atomic E-state index is 14.2. The Morgan fingerprint density at radius 2 is 2.00 bits per heavy atom. The van der Waals surface area contributed by atoms with E-state index in [1.165, 1.54) is 0 Å². The summed E-state index contributed by atoms with van der Waals surface area (Å²) in [6, 6.07) is 0. The van der Waals surface area contributed by atoms with Gasteiger partial charge in [-0.25, -0.2) is 4.39 Å². The lowest BCUT2D eigenvalue weighted by atomic mass is 9.46. The minimum Gasteiger partial charge on any atom is -0.390 e. The molecule has 22 heavy (non-hydrogen) atoms. The molecule has 3 saturated carbocycles. The fraction of sp³-hybridized carbons (Fsp3) is 0.842. The van der Waals surface area contributed by atoms with E-state index in [-0.39, 0.29) is 16.6 Å². The monoisotopic (exact) mass is 306 g/mol. The van der Waals surface area contributed by atoms with Crippen molar-refractivity contribution in [2.75, 3.05) is 0 Å². The number of hydrogen-bond donors (Lipinski definition) is 1. The number of alkyl halides is 1. The second kappa shape index (κ2) is 4.66. The largest absolute Gasteiger partial charge is 0.390 e. The van der Waals surface area contributed by atoms with E-state index in [1.807, 2.05) is 0 Å². The molecule has 0 aliphatic heterocycles. The summed E-state index contributed by atoms with van der Waals surface area (Å²) in [6.07, 6.45) is 7.50. The fourth-order valence-electron chi connectivity index (χ4n) is 6.58. The Bertz CT molecular complexity index is 530. The summed E-state index contributed by atoms with van der Waals surface area (Å²) >= 11 is 0. The van der Waals surface area contributed by atoms with Crippen LogP contribution in [0.15, 0.2) is 12.2 Å². The summed E-state index contributed by atoms with van der Waals surface area (Å²) in [6.45, 7) is 4.42. The predicted octanol–water partition coefficient (Wildman–Crippen LogP) is 3.68. The van der Waals surface area contributed by atoms with Crippen LogP contribution in [0.2, 0.25) is 0 Å². The number of aliphatic hydroxyl groups excluding tert-OH is 1. The highest BCUT2D eigenvalue weighted by Crippen LogP contribution is 2.65. The van der Waals surface area contributed by atoms with E-state index in [0.717, 1.165) is 25.7 Å². The van der Waals surface area contributed by atoms with Gasteiger partial charge < -0.3 is 5.11 Å². The zero-order valence-corrected chi connectivity index (χ0v) is 13.6. The summed E-state index contributed by atoms with van der Waals surface area (Å²) in [7, 11) is 0. The van der Waals surface area contributed by atoms with Crippen LogP contribution in [0, 0.1) is 34.5 Å². The average molecular weight is 306 g/mol. The molecule has 1 unspecified atom stereocenters. The topological polar surface area (TPSA) is 37.3 Å². The number of carbonyl (C=O) groups excluding carboxylic acids is 1. The summed E-state index contributed by atoms with van der Waals surface area (Å²) in [5.41, 5.74) is -0.143. The molecule has 4 aliphatic rings. The van der Waals surface area contributed by atoms with Gasteiger partial charge in [-0.3, -0.25) is 4.79 Å². The molecule has 2 nitrogen and oxygen atoms in total. The smallest absolute Gasteiger partial charge is 0.155 e. The lowest BCUT2D eigenvalue weighted by Crippen LogP contribution is -2.53. The van der Waals surface area contributed by atoms with Crippen molar-refractivity contribution in [2.24, 2.45) is 34.5 Å². The van der Waals surface area contributed by atoms with Crippen LogP contribution in [0.3, 0.4) is 0 Å². The molecular weight excluding hydrogens is 279 g/mol. The summed E-state index contributed by atoms with van der Waals surface area (Å²) < 4.78 is 14.2. The van der Waals surface area contributed by atoms with Crippen LogP contribution in [-0.2, 0) is 4.79 Å². The molecule has 8 atom stereocenters. The minimum atomic E-state index is -1.05. The SMILES string of the molecule is C[C@]12CC[C@H]3[C@@H](CCC4CC(=O)C=C[C@@]43C)[C@@H]1C[C@@H](F)[C@H]2O. The lowest BCUT2D eigenvalue weighted by molar-refractivity contribution is -0.124. The first kappa shape index (κ1) is 14.9. The molecule has 0 spiro atoms.